The predicted octanol–water partition coefficient (Wildman–Crippen LogP) is 2.29. The third-order valence-corrected chi connectivity index (χ3v) is 5.85. The van der Waals surface area contributed by atoms with Crippen molar-refractivity contribution in [1.29, 1.82) is 0 Å². The molecule has 1 N–H and O–H groups in total. The number of hydrogen-bond acceptors (Lipinski definition) is 7. The number of carboxylic acids is 1. The number of carbonyl (C=O) groups is 3. The van der Waals surface area contributed by atoms with Crippen molar-refractivity contribution in [3.63, 3.8) is 0 Å². The van der Waals surface area contributed by atoms with Crippen molar-refractivity contribution in [2.45, 2.75) is 53.1 Å². The summed E-state index contributed by atoms with van der Waals surface area (Å²) < 4.78 is 16.1. The van der Waals surface area contributed by atoms with Gasteiger partial charge in [0.15, 0.2) is 5.41 Å². The van der Waals surface area contributed by atoms with Crippen molar-refractivity contribution >= 4 is 18.0 Å². The van der Waals surface area contributed by atoms with E-state index >= 15 is 0 Å². The molecule has 1 amide bonds. The molecule has 9 heteroatoms. The first-order valence-corrected chi connectivity index (χ1v) is 10.3. The van der Waals surface area contributed by atoms with Gasteiger partial charge in [0.1, 0.15) is 5.60 Å². The van der Waals surface area contributed by atoms with Gasteiger partial charge in [0.25, 0.3) is 0 Å². The summed E-state index contributed by atoms with van der Waals surface area (Å²) in [6.45, 7) is 10.6. The van der Waals surface area contributed by atoms with Gasteiger partial charge >= 0.3 is 18.0 Å². The average molecular weight is 434 g/mol. The summed E-state index contributed by atoms with van der Waals surface area (Å²) in [4.78, 5) is 42.4. The first-order chi connectivity index (χ1) is 14.4. The number of fused-ring (bicyclic) bond motifs is 1. The second-order valence-electron chi connectivity index (χ2n) is 9.38. The molecule has 1 aromatic rings. The molecule has 0 radical (unpaired) electrons. The van der Waals surface area contributed by atoms with Crippen molar-refractivity contribution in [2.75, 3.05) is 26.8 Å². The van der Waals surface area contributed by atoms with E-state index in [-0.39, 0.29) is 24.9 Å². The number of methoxy groups -OCH3 is 1. The molecule has 1 fully saturated rings. The molecule has 2 aliphatic rings. The normalized spacial score (nSPS) is 20.6. The minimum Gasteiger partial charge on any atom is -0.480 e. The maximum atomic E-state index is 12.3. The molecule has 1 atom stereocenters. The number of aliphatic carboxylic acids is 1. The van der Waals surface area contributed by atoms with Crippen LogP contribution < -0.4 is 4.74 Å². The standard InChI is InChI=1S/C22H30N2O7/c1-12-15-7-22(18(25)26,19(27)29-6)8-16(15)13(2)23-17(12)30-11-14-9-24(10-14)20(28)31-21(3,4)5/h14H,7-11H2,1-6H3,(H,25,26). The molecule has 0 spiro atoms. The number of carboxylic acid groups (broad SMARTS) is 1. The zero-order valence-corrected chi connectivity index (χ0v) is 18.9. The Kier molecular flexibility index (Phi) is 5.90. The Morgan fingerprint density at radius 1 is 1.16 bits per heavy atom. The minimum absolute atomic E-state index is 0.0474. The molecule has 1 unspecified atom stereocenters. The van der Waals surface area contributed by atoms with Crippen molar-refractivity contribution in [1.82, 2.24) is 9.88 Å². The van der Waals surface area contributed by atoms with Gasteiger partial charge in [-0.2, -0.15) is 0 Å². The number of ether oxygens (including phenoxy) is 3. The SMILES string of the molecule is COC(=O)C1(C(=O)O)Cc2c(C)nc(OCC3CN(C(=O)OC(C)(C)C)C3)c(C)c2C1. The van der Waals surface area contributed by atoms with Gasteiger partial charge in [0.2, 0.25) is 5.88 Å². The molecular weight excluding hydrogens is 404 g/mol. The van der Waals surface area contributed by atoms with E-state index < -0.39 is 23.0 Å². The summed E-state index contributed by atoms with van der Waals surface area (Å²) in [6, 6.07) is 0. The van der Waals surface area contributed by atoms with Crippen LogP contribution in [0.2, 0.25) is 0 Å². The Labute approximate surface area is 181 Å². The zero-order chi connectivity index (χ0) is 23.1. The number of nitrogens with zero attached hydrogens (tertiary/aromatic N) is 2. The zero-order valence-electron chi connectivity index (χ0n) is 18.9. The maximum absolute atomic E-state index is 12.3. The van der Waals surface area contributed by atoms with Gasteiger partial charge in [-0.1, -0.05) is 0 Å². The Morgan fingerprint density at radius 2 is 1.77 bits per heavy atom. The lowest BCUT2D eigenvalue weighted by Gasteiger charge is -2.39. The van der Waals surface area contributed by atoms with E-state index in [1.54, 1.807) is 11.8 Å². The van der Waals surface area contributed by atoms with Gasteiger partial charge in [-0.25, -0.2) is 9.78 Å². The lowest BCUT2D eigenvalue weighted by atomic mass is 9.84. The Bertz CT molecular complexity index is 915. The van der Waals surface area contributed by atoms with E-state index in [0.717, 1.165) is 16.7 Å². The van der Waals surface area contributed by atoms with Crippen LogP contribution >= 0.6 is 0 Å². The molecule has 1 aliphatic heterocycles. The lowest BCUT2D eigenvalue weighted by molar-refractivity contribution is -0.166. The van der Waals surface area contributed by atoms with E-state index in [9.17, 15) is 19.5 Å². The average Bonchev–Trinajstić information content (AvgIpc) is 3.05. The smallest absolute Gasteiger partial charge is 0.410 e. The van der Waals surface area contributed by atoms with Gasteiger partial charge in [-0.3, -0.25) is 9.59 Å². The molecule has 2 heterocycles. The highest BCUT2D eigenvalue weighted by atomic mass is 16.6. The van der Waals surface area contributed by atoms with Gasteiger partial charge in [0, 0.05) is 43.1 Å². The fraction of sp³-hybridized carbons (Fsp3) is 0.636. The van der Waals surface area contributed by atoms with E-state index in [1.807, 2.05) is 27.7 Å². The molecule has 1 aromatic heterocycles. The number of likely N-dealkylation sites (tertiary alicyclic amines) is 1. The molecule has 1 saturated heterocycles. The van der Waals surface area contributed by atoms with Crippen LogP contribution in [0.1, 0.15) is 43.2 Å². The van der Waals surface area contributed by atoms with Gasteiger partial charge in [0.05, 0.1) is 13.7 Å². The molecule has 31 heavy (non-hydrogen) atoms. The molecule has 0 saturated carbocycles. The molecule has 9 nitrogen and oxygen atoms in total. The number of aryl methyl sites for hydroxylation is 1. The van der Waals surface area contributed by atoms with Crippen LogP contribution in [-0.2, 0) is 31.9 Å². The highest BCUT2D eigenvalue weighted by molar-refractivity contribution is 6.00. The number of esters is 1. The van der Waals surface area contributed by atoms with E-state index in [2.05, 4.69) is 4.98 Å². The van der Waals surface area contributed by atoms with Crippen molar-refractivity contribution in [3.8, 4) is 5.88 Å². The van der Waals surface area contributed by atoms with Crippen LogP contribution in [0.15, 0.2) is 0 Å². The van der Waals surface area contributed by atoms with Crippen LogP contribution in [0.4, 0.5) is 4.79 Å². The number of rotatable bonds is 5. The second-order valence-corrected chi connectivity index (χ2v) is 9.38. The Hall–Kier alpha value is -2.84. The van der Waals surface area contributed by atoms with Crippen LogP contribution in [0, 0.1) is 25.2 Å². The lowest BCUT2D eigenvalue weighted by Crippen LogP contribution is -2.53. The number of hydrogen-bond donors (Lipinski definition) is 1. The summed E-state index contributed by atoms with van der Waals surface area (Å²) in [5.74, 6) is -1.36. The number of pyridine rings is 1. The second kappa shape index (κ2) is 8.01. The molecular formula is C22H30N2O7. The first kappa shape index (κ1) is 22.8. The van der Waals surface area contributed by atoms with Crippen molar-refractivity contribution < 1.29 is 33.7 Å². The van der Waals surface area contributed by atoms with Crippen LogP contribution in [-0.4, -0.2) is 65.4 Å². The van der Waals surface area contributed by atoms with E-state index in [0.29, 0.717) is 31.3 Å². The molecule has 3 rings (SSSR count). The summed E-state index contributed by atoms with van der Waals surface area (Å²) in [5, 5.41) is 9.75. The van der Waals surface area contributed by atoms with Crippen molar-refractivity contribution in [3.05, 3.63) is 22.4 Å². The largest absolute Gasteiger partial charge is 0.480 e. The summed E-state index contributed by atoms with van der Waals surface area (Å²) >= 11 is 0. The summed E-state index contributed by atoms with van der Waals surface area (Å²) in [7, 11) is 1.20. The predicted molar refractivity (Wildman–Crippen MR) is 110 cm³/mol. The molecule has 170 valence electrons. The topological polar surface area (TPSA) is 115 Å². The number of aromatic nitrogens is 1. The monoisotopic (exact) mass is 434 g/mol. The minimum atomic E-state index is -1.63. The quantitative estimate of drug-likeness (QED) is 0.554. The Balaban J connectivity index is 1.67. The van der Waals surface area contributed by atoms with Crippen LogP contribution in [0.3, 0.4) is 0 Å². The number of carbonyl (C=O) groups excluding carboxylic acids is 2. The summed E-state index contributed by atoms with van der Waals surface area (Å²) in [6.07, 6.45) is -0.233. The highest BCUT2D eigenvalue weighted by Crippen LogP contribution is 2.43. The van der Waals surface area contributed by atoms with Gasteiger partial charge in [-0.15, -0.1) is 0 Å². The summed E-state index contributed by atoms with van der Waals surface area (Å²) in [5.41, 5.74) is 0.755. The fourth-order valence-corrected chi connectivity index (χ4v) is 4.08. The van der Waals surface area contributed by atoms with Crippen LogP contribution in [0.25, 0.3) is 0 Å². The van der Waals surface area contributed by atoms with Gasteiger partial charge in [-0.05, 0) is 45.7 Å². The third kappa shape index (κ3) is 4.31. The number of amides is 1. The van der Waals surface area contributed by atoms with E-state index in [1.165, 1.54) is 7.11 Å². The maximum Gasteiger partial charge on any atom is 0.410 e. The Morgan fingerprint density at radius 3 is 2.32 bits per heavy atom. The highest BCUT2D eigenvalue weighted by Gasteiger charge is 2.53. The third-order valence-electron chi connectivity index (χ3n) is 5.85. The first-order valence-electron chi connectivity index (χ1n) is 10.3. The molecule has 1 aliphatic carbocycles. The molecule has 0 bridgehead atoms. The van der Waals surface area contributed by atoms with Gasteiger partial charge < -0.3 is 24.2 Å². The van der Waals surface area contributed by atoms with Crippen LogP contribution in [0.5, 0.6) is 5.88 Å². The fourth-order valence-electron chi connectivity index (χ4n) is 4.08. The molecule has 0 aromatic carbocycles. The van der Waals surface area contributed by atoms with E-state index in [4.69, 9.17) is 14.2 Å². The van der Waals surface area contributed by atoms with Crippen molar-refractivity contribution in [2.24, 2.45) is 11.3 Å².